The Balaban J connectivity index is 1.97. The van der Waals surface area contributed by atoms with Crippen molar-refractivity contribution in [2.45, 2.75) is 38.3 Å². The lowest BCUT2D eigenvalue weighted by Gasteiger charge is -2.29. The largest absolute Gasteiger partial charge is 0.306 e. The van der Waals surface area contributed by atoms with Gasteiger partial charge in [0.05, 0.1) is 28.9 Å². The van der Waals surface area contributed by atoms with Gasteiger partial charge < -0.3 is 9.88 Å². The van der Waals surface area contributed by atoms with Crippen LogP contribution >= 0.6 is 27.5 Å². The smallest absolute Gasteiger partial charge is 0.0995 e. The molecule has 3 nitrogen and oxygen atoms in total. The number of hydrogen-bond donors (Lipinski definition) is 1. The summed E-state index contributed by atoms with van der Waals surface area (Å²) >= 11 is 9.80. The number of hydrogen-bond acceptors (Lipinski definition) is 2. The van der Waals surface area contributed by atoms with Gasteiger partial charge in [-0.05, 0) is 44.4 Å². The molecule has 1 fully saturated rings. The highest BCUT2D eigenvalue weighted by Gasteiger charge is 2.23. The van der Waals surface area contributed by atoms with Crippen molar-refractivity contribution in [3.8, 4) is 5.69 Å². The summed E-state index contributed by atoms with van der Waals surface area (Å²) in [7, 11) is 0. The number of nitrogens with one attached hydrogen (secondary N) is 1. The molecule has 1 saturated heterocycles. The fraction of sp³-hybridized carbons (Fsp3) is 0.400. The Morgan fingerprint density at radius 2 is 2.25 bits per heavy atom. The lowest BCUT2D eigenvalue weighted by atomic mass is 9.97. The van der Waals surface area contributed by atoms with Crippen molar-refractivity contribution in [2.24, 2.45) is 0 Å². The predicted molar refractivity (Wildman–Crippen MR) is 85.5 cm³/mol. The molecule has 2 atom stereocenters. The second-order valence-corrected chi connectivity index (χ2v) is 6.66. The third-order valence-electron chi connectivity index (χ3n) is 3.81. The van der Waals surface area contributed by atoms with E-state index in [9.17, 15) is 0 Å². The van der Waals surface area contributed by atoms with E-state index in [4.69, 9.17) is 11.6 Å². The van der Waals surface area contributed by atoms with Gasteiger partial charge in [0.1, 0.15) is 0 Å². The Kier molecular flexibility index (Phi) is 4.15. The molecule has 20 heavy (non-hydrogen) atoms. The zero-order chi connectivity index (χ0) is 14.1. The predicted octanol–water partition coefficient (Wildman–Crippen LogP) is 4.49. The number of rotatable bonds is 2. The van der Waals surface area contributed by atoms with E-state index in [1.807, 2.05) is 30.7 Å². The van der Waals surface area contributed by atoms with Crippen molar-refractivity contribution < 1.29 is 0 Å². The molecule has 5 heteroatoms. The molecule has 0 saturated carbocycles. The molecule has 3 rings (SSSR count). The van der Waals surface area contributed by atoms with Crippen molar-refractivity contribution in [3.05, 3.63) is 45.9 Å². The van der Waals surface area contributed by atoms with Gasteiger partial charge in [0.15, 0.2) is 0 Å². The second kappa shape index (κ2) is 5.88. The first-order chi connectivity index (χ1) is 9.65. The maximum Gasteiger partial charge on any atom is 0.0995 e. The molecular weight excluding hydrogens is 338 g/mol. The van der Waals surface area contributed by atoms with E-state index in [2.05, 4.69) is 37.7 Å². The topological polar surface area (TPSA) is 29.9 Å². The second-order valence-electron chi connectivity index (χ2n) is 5.34. The normalized spacial score (nSPS) is 22.9. The molecule has 1 N–H and O–H groups in total. The molecule has 0 amide bonds. The monoisotopic (exact) mass is 353 g/mol. The lowest BCUT2D eigenvalue weighted by Crippen LogP contribution is -2.35. The Labute approximate surface area is 132 Å². The van der Waals surface area contributed by atoms with Crippen LogP contribution < -0.4 is 5.32 Å². The maximum atomic E-state index is 6.36. The van der Waals surface area contributed by atoms with Gasteiger partial charge in [-0.2, -0.15) is 0 Å². The van der Waals surface area contributed by atoms with Crippen LogP contribution in [0.2, 0.25) is 5.02 Å². The molecular formula is C15H17BrClN3. The van der Waals surface area contributed by atoms with Crippen LogP contribution in [0.4, 0.5) is 0 Å². The van der Waals surface area contributed by atoms with Crippen LogP contribution in [0.15, 0.2) is 35.2 Å². The average molecular weight is 355 g/mol. The van der Waals surface area contributed by atoms with E-state index in [-0.39, 0.29) is 0 Å². The van der Waals surface area contributed by atoms with E-state index >= 15 is 0 Å². The van der Waals surface area contributed by atoms with Crippen LogP contribution in [0.25, 0.3) is 5.69 Å². The highest BCUT2D eigenvalue weighted by atomic mass is 79.9. The highest BCUT2D eigenvalue weighted by Crippen LogP contribution is 2.30. The van der Waals surface area contributed by atoms with E-state index in [1.54, 1.807) is 0 Å². The Morgan fingerprint density at radius 1 is 1.40 bits per heavy atom. The van der Waals surface area contributed by atoms with Gasteiger partial charge in [-0.1, -0.05) is 27.5 Å². The number of imidazole rings is 1. The van der Waals surface area contributed by atoms with Crippen molar-refractivity contribution in [1.29, 1.82) is 0 Å². The number of halogens is 2. The Morgan fingerprint density at radius 3 is 3.00 bits per heavy atom. The minimum absolute atomic E-state index is 0.348. The number of benzene rings is 1. The zero-order valence-electron chi connectivity index (χ0n) is 11.3. The molecule has 1 aliphatic rings. The van der Waals surface area contributed by atoms with Gasteiger partial charge >= 0.3 is 0 Å². The van der Waals surface area contributed by atoms with Gasteiger partial charge in [-0.25, -0.2) is 4.98 Å². The molecule has 2 heterocycles. The average Bonchev–Trinajstić information content (AvgIpc) is 2.87. The van der Waals surface area contributed by atoms with Crippen LogP contribution in [0.3, 0.4) is 0 Å². The summed E-state index contributed by atoms with van der Waals surface area (Å²) in [6, 6.07) is 6.84. The van der Waals surface area contributed by atoms with Crippen LogP contribution in [-0.2, 0) is 0 Å². The highest BCUT2D eigenvalue weighted by molar-refractivity contribution is 9.10. The maximum absolute atomic E-state index is 6.36. The summed E-state index contributed by atoms with van der Waals surface area (Å²) in [5.74, 6) is 0. The molecule has 0 bridgehead atoms. The van der Waals surface area contributed by atoms with Crippen LogP contribution in [0.1, 0.15) is 37.9 Å². The Hall–Kier alpha value is -0.840. The summed E-state index contributed by atoms with van der Waals surface area (Å²) in [5, 5.41) is 4.37. The van der Waals surface area contributed by atoms with E-state index in [0.29, 0.717) is 12.1 Å². The molecule has 2 unspecified atom stereocenters. The van der Waals surface area contributed by atoms with E-state index < -0.39 is 0 Å². The van der Waals surface area contributed by atoms with E-state index in [0.717, 1.165) is 21.6 Å². The molecule has 1 aromatic carbocycles. The van der Waals surface area contributed by atoms with Gasteiger partial charge in [0, 0.05) is 16.6 Å². The molecule has 0 radical (unpaired) electrons. The molecule has 106 valence electrons. The molecule has 0 spiro atoms. The van der Waals surface area contributed by atoms with Gasteiger partial charge in [-0.3, -0.25) is 0 Å². The first-order valence-corrected chi connectivity index (χ1v) is 8.06. The fourth-order valence-electron chi connectivity index (χ4n) is 2.81. The van der Waals surface area contributed by atoms with Gasteiger partial charge in [0.25, 0.3) is 0 Å². The van der Waals surface area contributed by atoms with Crippen LogP contribution in [0, 0.1) is 0 Å². The molecule has 2 aromatic rings. The van der Waals surface area contributed by atoms with Crippen molar-refractivity contribution in [3.63, 3.8) is 0 Å². The lowest BCUT2D eigenvalue weighted by molar-refractivity contribution is 0.334. The van der Waals surface area contributed by atoms with Crippen molar-refractivity contribution in [2.75, 3.05) is 0 Å². The number of nitrogens with zero attached hydrogens (tertiary/aromatic N) is 2. The van der Waals surface area contributed by atoms with Gasteiger partial charge in [0.2, 0.25) is 0 Å². The number of piperidine rings is 1. The standard InChI is InChI=1S/C15H17BrClN3/c1-10-3-2-4-13(19-10)15-8-18-9-20(15)14-6-5-11(16)7-12(14)17/h5-10,13,19H,2-4H2,1H3. The first kappa shape index (κ1) is 14.1. The Bertz CT molecular complexity index is 611. The van der Waals surface area contributed by atoms with Crippen molar-refractivity contribution in [1.82, 2.24) is 14.9 Å². The SMILES string of the molecule is CC1CCCC(c2cncn2-c2ccc(Br)cc2Cl)N1. The minimum atomic E-state index is 0.348. The summed E-state index contributed by atoms with van der Waals surface area (Å²) in [6.45, 7) is 2.24. The third kappa shape index (κ3) is 2.78. The van der Waals surface area contributed by atoms with Crippen molar-refractivity contribution >= 4 is 27.5 Å². The minimum Gasteiger partial charge on any atom is -0.306 e. The summed E-state index contributed by atoms with van der Waals surface area (Å²) in [4.78, 5) is 4.31. The summed E-state index contributed by atoms with van der Waals surface area (Å²) in [5.41, 5.74) is 2.16. The fourth-order valence-corrected chi connectivity index (χ4v) is 3.58. The van der Waals surface area contributed by atoms with Crippen LogP contribution in [0.5, 0.6) is 0 Å². The summed E-state index contributed by atoms with van der Waals surface area (Å²) in [6.07, 6.45) is 7.41. The third-order valence-corrected chi connectivity index (χ3v) is 4.61. The van der Waals surface area contributed by atoms with Crippen LogP contribution in [-0.4, -0.2) is 15.6 Å². The van der Waals surface area contributed by atoms with Gasteiger partial charge in [-0.15, -0.1) is 0 Å². The van der Waals surface area contributed by atoms with E-state index in [1.165, 1.54) is 18.5 Å². The summed E-state index contributed by atoms with van der Waals surface area (Å²) < 4.78 is 3.07. The quantitative estimate of drug-likeness (QED) is 0.861. The molecule has 0 aliphatic carbocycles. The molecule has 1 aromatic heterocycles. The first-order valence-electron chi connectivity index (χ1n) is 6.89. The molecule has 1 aliphatic heterocycles. The zero-order valence-corrected chi connectivity index (χ0v) is 13.7. The number of aromatic nitrogens is 2.